The molecule has 1 aromatic carbocycles. The highest BCUT2D eigenvalue weighted by Crippen LogP contribution is 2.27. The Morgan fingerprint density at radius 1 is 1.20 bits per heavy atom. The second-order valence-electron chi connectivity index (χ2n) is 6.27. The smallest absolute Gasteiger partial charge is 0.307 e. The number of rotatable bonds is 5. The lowest BCUT2D eigenvalue weighted by Crippen LogP contribution is -2.39. The zero-order chi connectivity index (χ0) is 17.8. The molecule has 25 heavy (non-hydrogen) atoms. The van der Waals surface area contributed by atoms with Crippen LogP contribution in [0.15, 0.2) is 54.9 Å². The molecule has 1 heterocycles. The molecule has 1 aliphatic rings. The van der Waals surface area contributed by atoms with Crippen LogP contribution in [0.3, 0.4) is 0 Å². The summed E-state index contributed by atoms with van der Waals surface area (Å²) in [7, 11) is 0. The molecular weight excluding hydrogens is 318 g/mol. The van der Waals surface area contributed by atoms with E-state index in [4.69, 9.17) is 0 Å². The second-order valence-corrected chi connectivity index (χ2v) is 6.27. The molecule has 0 saturated carbocycles. The standard InChI is InChI=1S/C19H21N3O3/c1-13(14-7-9-15(10-8-14)22-12-4-11-20-22)21-18(23)16-5-2-3-6-17(16)19(24)25/h2-4,7-13,16-17H,5-6H2,1H3,(H,21,23)(H,24,25)/t13-,16-,17+/m1/s1. The topological polar surface area (TPSA) is 84.2 Å². The lowest BCUT2D eigenvalue weighted by Gasteiger charge is -2.26. The summed E-state index contributed by atoms with van der Waals surface area (Å²) in [5.41, 5.74) is 1.90. The summed E-state index contributed by atoms with van der Waals surface area (Å²) in [5, 5.41) is 16.4. The van der Waals surface area contributed by atoms with Gasteiger partial charge in [-0.3, -0.25) is 9.59 Å². The maximum Gasteiger partial charge on any atom is 0.307 e. The van der Waals surface area contributed by atoms with E-state index in [1.807, 2.05) is 55.6 Å². The fourth-order valence-electron chi connectivity index (χ4n) is 3.12. The molecule has 1 amide bonds. The van der Waals surface area contributed by atoms with Crippen LogP contribution in [0.25, 0.3) is 5.69 Å². The predicted molar refractivity (Wildman–Crippen MR) is 93.1 cm³/mol. The Balaban J connectivity index is 1.67. The molecule has 0 aliphatic heterocycles. The minimum Gasteiger partial charge on any atom is -0.481 e. The second kappa shape index (κ2) is 7.34. The Kier molecular flexibility index (Phi) is 4.97. The molecule has 0 radical (unpaired) electrons. The van der Waals surface area contributed by atoms with Gasteiger partial charge in [0.25, 0.3) is 0 Å². The fraction of sp³-hybridized carbons (Fsp3) is 0.316. The van der Waals surface area contributed by atoms with Gasteiger partial charge in [0.1, 0.15) is 0 Å². The summed E-state index contributed by atoms with van der Waals surface area (Å²) in [6.45, 7) is 1.90. The van der Waals surface area contributed by atoms with Gasteiger partial charge in [0.15, 0.2) is 0 Å². The van der Waals surface area contributed by atoms with E-state index in [0.29, 0.717) is 12.8 Å². The lowest BCUT2D eigenvalue weighted by atomic mass is 9.82. The average Bonchev–Trinajstić information content (AvgIpc) is 3.16. The van der Waals surface area contributed by atoms with Gasteiger partial charge in [-0.15, -0.1) is 0 Å². The van der Waals surface area contributed by atoms with Crippen LogP contribution >= 0.6 is 0 Å². The van der Waals surface area contributed by atoms with Gasteiger partial charge in [-0.25, -0.2) is 4.68 Å². The first-order valence-electron chi connectivity index (χ1n) is 8.34. The molecule has 1 aliphatic carbocycles. The molecular formula is C19H21N3O3. The molecule has 0 bridgehead atoms. The molecule has 0 saturated heterocycles. The monoisotopic (exact) mass is 339 g/mol. The molecule has 0 fully saturated rings. The van der Waals surface area contributed by atoms with Crippen molar-refractivity contribution in [2.24, 2.45) is 11.8 Å². The third kappa shape index (κ3) is 3.79. The number of aromatic nitrogens is 2. The summed E-state index contributed by atoms with van der Waals surface area (Å²) in [6, 6.07) is 9.42. The summed E-state index contributed by atoms with van der Waals surface area (Å²) >= 11 is 0. The number of nitrogens with one attached hydrogen (secondary N) is 1. The highest BCUT2D eigenvalue weighted by molar-refractivity contribution is 5.85. The van der Waals surface area contributed by atoms with Crippen LogP contribution in [0, 0.1) is 11.8 Å². The van der Waals surface area contributed by atoms with Gasteiger partial charge in [0, 0.05) is 12.4 Å². The predicted octanol–water partition coefficient (Wildman–Crippen LogP) is 2.72. The van der Waals surface area contributed by atoms with Crippen LogP contribution in [-0.2, 0) is 9.59 Å². The van der Waals surface area contributed by atoms with E-state index in [0.717, 1.165) is 11.3 Å². The van der Waals surface area contributed by atoms with Crippen molar-refractivity contribution in [3.8, 4) is 5.69 Å². The number of hydrogen-bond acceptors (Lipinski definition) is 3. The Morgan fingerprint density at radius 3 is 2.48 bits per heavy atom. The molecule has 6 heteroatoms. The van der Waals surface area contributed by atoms with Gasteiger partial charge in [0.2, 0.25) is 5.91 Å². The number of benzene rings is 1. The third-order valence-electron chi connectivity index (χ3n) is 4.61. The minimum atomic E-state index is -0.916. The van der Waals surface area contributed by atoms with Gasteiger partial charge in [0.05, 0.1) is 23.6 Å². The quantitative estimate of drug-likeness (QED) is 0.820. The fourth-order valence-corrected chi connectivity index (χ4v) is 3.12. The summed E-state index contributed by atoms with van der Waals surface area (Å²) < 4.78 is 1.76. The Labute approximate surface area is 146 Å². The van der Waals surface area contributed by atoms with Gasteiger partial charge >= 0.3 is 5.97 Å². The highest BCUT2D eigenvalue weighted by Gasteiger charge is 2.34. The van der Waals surface area contributed by atoms with Crippen LogP contribution < -0.4 is 5.32 Å². The molecule has 1 aromatic heterocycles. The highest BCUT2D eigenvalue weighted by atomic mass is 16.4. The van der Waals surface area contributed by atoms with Crippen LogP contribution in [0.2, 0.25) is 0 Å². The number of carboxylic acid groups (broad SMARTS) is 1. The number of nitrogens with zero attached hydrogens (tertiary/aromatic N) is 2. The summed E-state index contributed by atoms with van der Waals surface area (Å²) in [4.78, 5) is 23.9. The van der Waals surface area contributed by atoms with Crippen molar-refractivity contribution in [1.29, 1.82) is 0 Å². The maximum absolute atomic E-state index is 12.5. The van der Waals surface area contributed by atoms with E-state index < -0.39 is 17.8 Å². The number of hydrogen-bond donors (Lipinski definition) is 2. The van der Waals surface area contributed by atoms with E-state index in [-0.39, 0.29) is 11.9 Å². The molecule has 6 nitrogen and oxygen atoms in total. The first kappa shape index (κ1) is 17.0. The number of carbonyl (C=O) groups excluding carboxylic acids is 1. The zero-order valence-corrected chi connectivity index (χ0v) is 14.0. The van der Waals surface area contributed by atoms with Crippen molar-refractivity contribution in [3.63, 3.8) is 0 Å². The van der Waals surface area contributed by atoms with E-state index in [2.05, 4.69) is 10.4 Å². The van der Waals surface area contributed by atoms with Crippen LogP contribution in [0.5, 0.6) is 0 Å². The van der Waals surface area contributed by atoms with Gasteiger partial charge < -0.3 is 10.4 Å². The SMILES string of the molecule is C[C@@H](NC(=O)[C@@H]1CC=CC[C@@H]1C(=O)O)c1ccc(-n2cccn2)cc1. The lowest BCUT2D eigenvalue weighted by molar-refractivity contribution is -0.147. The summed E-state index contributed by atoms with van der Waals surface area (Å²) in [5.74, 6) is -2.30. The van der Waals surface area contributed by atoms with Crippen molar-refractivity contribution >= 4 is 11.9 Å². The van der Waals surface area contributed by atoms with E-state index >= 15 is 0 Å². The number of carboxylic acids is 1. The molecule has 2 aromatic rings. The zero-order valence-electron chi connectivity index (χ0n) is 14.0. The van der Waals surface area contributed by atoms with Crippen LogP contribution in [0.1, 0.15) is 31.4 Å². The molecule has 3 atom stereocenters. The normalized spacial score (nSPS) is 20.8. The number of amides is 1. The van der Waals surface area contributed by atoms with Crippen LogP contribution in [0.4, 0.5) is 0 Å². The number of allylic oxidation sites excluding steroid dienone is 2. The number of carbonyl (C=O) groups is 2. The van der Waals surface area contributed by atoms with Gasteiger partial charge in [-0.05, 0) is 43.5 Å². The van der Waals surface area contributed by atoms with Crippen molar-refractivity contribution in [2.75, 3.05) is 0 Å². The van der Waals surface area contributed by atoms with Crippen molar-refractivity contribution in [3.05, 3.63) is 60.4 Å². The average molecular weight is 339 g/mol. The van der Waals surface area contributed by atoms with Crippen molar-refractivity contribution < 1.29 is 14.7 Å². The Hall–Kier alpha value is -2.89. The summed E-state index contributed by atoms with van der Waals surface area (Å²) in [6.07, 6.45) is 8.17. The molecule has 0 spiro atoms. The van der Waals surface area contributed by atoms with Crippen molar-refractivity contribution in [1.82, 2.24) is 15.1 Å². The first-order chi connectivity index (χ1) is 12.1. The molecule has 0 unspecified atom stereocenters. The van der Waals surface area contributed by atoms with E-state index in [1.165, 1.54) is 0 Å². The largest absolute Gasteiger partial charge is 0.481 e. The van der Waals surface area contributed by atoms with Crippen molar-refractivity contribution in [2.45, 2.75) is 25.8 Å². The maximum atomic E-state index is 12.5. The Morgan fingerprint density at radius 2 is 1.88 bits per heavy atom. The number of aliphatic carboxylic acids is 1. The van der Waals surface area contributed by atoms with Gasteiger partial charge in [-0.1, -0.05) is 24.3 Å². The van der Waals surface area contributed by atoms with E-state index in [9.17, 15) is 14.7 Å². The van der Waals surface area contributed by atoms with E-state index in [1.54, 1.807) is 10.9 Å². The first-order valence-corrected chi connectivity index (χ1v) is 8.34. The Bertz CT molecular complexity index is 766. The van der Waals surface area contributed by atoms with Gasteiger partial charge in [-0.2, -0.15) is 5.10 Å². The molecule has 3 rings (SSSR count). The van der Waals surface area contributed by atoms with Crippen LogP contribution in [-0.4, -0.2) is 26.8 Å². The molecule has 130 valence electrons. The molecule has 2 N–H and O–H groups in total. The minimum absolute atomic E-state index is 0.195. The third-order valence-corrected chi connectivity index (χ3v) is 4.61.